The minimum absolute atomic E-state index is 0.00975. The van der Waals surface area contributed by atoms with Gasteiger partial charge in [-0.05, 0) is 18.2 Å². The first-order valence-electron chi connectivity index (χ1n) is 11.4. The van der Waals surface area contributed by atoms with E-state index in [0.717, 1.165) is 18.2 Å². The predicted octanol–water partition coefficient (Wildman–Crippen LogP) is 1.08. The van der Waals surface area contributed by atoms with E-state index in [4.69, 9.17) is 19.3 Å². The summed E-state index contributed by atoms with van der Waals surface area (Å²) in [6, 6.07) is 5.07. The Morgan fingerprint density at radius 3 is 2.23 bits per heavy atom. The van der Waals surface area contributed by atoms with Crippen molar-refractivity contribution in [2.75, 3.05) is 32.6 Å². The summed E-state index contributed by atoms with van der Waals surface area (Å²) < 4.78 is 98.8. The van der Waals surface area contributed by atoms with Crippen molar-refractivity contribution in [1.82, 2.24) is 4.72 Å². The van der Waals surface area contributed by atoms with Gasteiger partial charge in [0.25, 0.3) is 10.0 Å². The molecule has 39 heavy (non-hydrogen) atoms. The Morgan fingerprint density at radius 1 is 1.05 bits per heavy atom. The number of quaternary nitrogens is 2. The van der Waals surface area contributed by atoms with Gasteiger partial charge in [-0.3, -0.25) is 4.57 Å². The number of nitrogens with one attached hydrogen (secondary N) is 1. The summed E-state index contributed by atoms with van der Waals surface area (Å²) >= 11 is 0.360. The fourth-order valence-corrected chi connectivity index (χ4v) is 7.04. The third kappa shape index (κ3) is 7.40. The molecule has 1 aromatic heterocycles. The zero-order chi connectivity index (χ0) is 28.8. The fraction of sp³-hybridized carbons (Fsp3) is 0.318. The molecule has 0 radical (unpaired) electrons. The van der Waals surface area contributed by atoms with Gasteiger partial charge in [0.05, 0.1) is 42.9 Å². The van der Waals surface area contributed by atoms with E-state index in [1.165, 1.54) is 0 Å². The van der Waals surface area contributed by atoms with Gasteiger partial charge in [-0.2, -0.15) is 5.26 Å². The van der Waals surface area contributed by atoms with Gasteiger partial charge in [-0.1, -0.05) is 0 Å². The smallest absolute Gasteiger partial charge is 0.250 e. The second-order valence-electron chi connectivity index (χ2n) is 7.97. The van der Waals surface area contributed by atoms with Crippen LogP contribution in [-0.2, 0) is 14.6 Å². The molecular formula is C22H25F3N4O7PS2+. The summed E-state index contributed by atoms with van der Waals surface area (Å²) in [5, 5.41) is 8.35. The quantitative estimate of drug-likeness (QED) is 0.178. The molecule has 1 atom stereocenters. The van der Waals surface area contributed by atoms with E-state index in [1.54, 1.807) is 10.8 Å². The van der Waals surface area contributed by atoms with Crippen molar-refractivity contribution in [3.63, 3.8) is 0 Å². The lowest BCUT2D eigenvalue weighted by Gasteiger charge is -2.24. The molecule has 2 aromatic carbocycles. The normalized spacial score (nSPS) is 13.2. The highest BCUT2D eigenvalue weighted by molar-refractivity contribution is 7.92. The molecule has 3 rings (SSSR count). The molecule has 0 bridgehead atoms. The Bertz CT molecular complexity index is 1490. The zero-order valence-corrected chi connectivity index (χ0v) is 22.9. The number of benzene rings is 2. The topological polar surface area (TPSA) is 193 Å². The average Bonchev–Trinajstić information content (AvgIpc) is 3.35. The van der Waals surface area contributed by atoms with Gasteiger partial charge in [0.2, 0.25) is 11.5 Å². The molecule has 11 nitrogen and oxygen atoms in total. The van der Waals surface area contributed by atoms with Gasteiger partial charge >= 0.3 is 0 Å². The number of hydrogen-bond acceptors (Lipinski definition) is 9. The van der Waals surface area contributed by atoms with E-state index >= 15 is 8.78 Å². The zero-order valence-electron chi connectivity index (χ0n) is 20.4. The summed E-state index contributed by atoms with van der Waals surface area (Å²) in [5.74, 6) is -4.62. The number of rotatable bonds is 14. The lowest BCUT2D eigenvalue weighted by atomic mass is 10.2. The highest BCUT2D eigenvalue weighted by Crippen LogP contribution is 2.44. The van der Waals surface area contributed by atoms with Crippen LogP contribution in [0.25, 0.3) is 10.1 Å². The number of ether oxygens (including phenoxy) is 2. The molecule has 0 fully saturated rings. The van der Waals surface area contributed by atoms with Gasteiger partial charge in [-0.15, -0.1) is 11.3 Å². The second kappa shape index (κ2) is 13.0. The van der Waals surface area contributed by atoms with Crippen LogP contribution in [0.15, 0.2) is 28.5 Å². The highest BCUT2D eigenvalue weighted by atomic mass is 32.2. The fourth-order valence-electron chi connectivity index (χ4n) is 3.13. The van der Waals surface area contributed by atoms with E-state index < -0.39 is 68.2 Å². The largest absolute Gasteiger partial charge is 0.768 e. The van der Waals surface area contributed by atoms with E-state index in [2.05, 4.69) is 11.5 Å². The first-order valence-corrected chi connectivity index (χ1v) is 15.4. The number of hydrogen-bond donors (Lipinski definition) is 3. The standard InChI is InChI=1S/C22H24F3N4O7PS2/c23-16-9-14(4-3-13(16)11-28)36-37(30,31)12-29-39(32,33)17-10-15-18(24)20(34-7-1-5-26)21(35-8-2-6-27)19(25)22(15)38-17/h3-4,9-10,29H,1-2,5-8,12,26-27H2,(H,30,31)/p+1. The summed E-state index contributed by atoms with van der Waals surface area (Å²) in [4.78, 5) is 12.3. The Balaban J connectivity index is 1.88. The molecule has 212 valence electrons. The Kier molecular flexibility index (Phi) is 10.2. The third-order valence-corrected chi connectivity index (χ3v) is 9.30. The lowest BCUT2D eigenvalue weighted by molar-refractivity contribution is -0.369. The minimum atomic E-state index is -4.96. The molecule has 0 saturated heterocycles. The molecule has 0 saturated carbocycles. The van der Waals surface area contributed by atoms with Crippen molar-refractivity contribution in [3.05, 3.63) is 47.3 Å². The Hall–Kier alpha value is -2.90. The molecule has 0 spiro atoms. The minimum Gasteiger partial charge on any atom is -0.768 e. The van der Waals surface area contributed by atoms with Crippen LogP contribution in [0.4, 0.5) is 13.2 Å². The van der Waals surface area contributed by atoms with Crippen molar-refractivity contribution in [2.24, 2.45) is 0 Å². The van der Waals surface area contributed by atoms with Crippen LogP contribution in [0.5, 0.6) is 17.2 Å². The molecule has 0 aliphatic rings. The lowest BCUT2D eigenvalue weighted by Crippen LogP contribution is -2.50. The van der Waals surface area contributed by atoms with Gasteiger partial charge in [0.1, 0.15) is 21.8 Å². The monoisotopic (exact) mass is 609 g/mol. The van der Waals surface area contributed by atoms with E-state index in [9.17, 15) is 22.3 Å². The number of sulfonamides is 1. The van der Waals surface area contributed by atoms with Gasteiger partial charge in [-0.25, -0.2) is 26.3 Å². The molecule has 7 N–H and O–H groups in total. The molecule has 1 unspecified atom stereocenters. The molecule has 1 heterocycles. The highest BCUT2D eigenvalue weighted by Gasteiger charge is 2.28. The van der Waals surface area contributed by atoms with Gasteiger partial charge in [0.15, 0.2) is 19.2 Å². The maximum Gasteiger partial charge on any atom is 0.250 e. The summed E-state index contributed by atoms with van der Waals surface area (Å²) in [7, 11) is -9.56. The number of nitriles is 1. The maximum atomic E-state index is 15.4. The molecule has 0 amide bonds. The Labute approximate surface area is 225 Å². The summed E-state index contributed by atoms with van der Waals surface area (Å²) in [6.07, 6.45) is -0.371. The van der Waals surface area contributed by atoms with Crippen molar-refractivity contribution >= 4 is 39.0 Å². The van der Waals surface area contributed by atoms with Crippen LogP contribution in [0.1, 0.15) is 18.4 Å². The molecule has 3 aromatic rings. The van der Waals surface area contributed by atoms with E-state index in [0.29, 0.717) is 43.3 Å². The SMILES string of the molecule is N#Cc1ccc(OP(=O)([O-])CNS(=O)(=O)c2cc3c(F)c(OCCC[NH3+])c(OCCC[NH3+])c(F)c3s2)cc1F. The number of halogens is 3. The van der Waals surface area contributed by atoms with Gasteiger partial charge in [0, 0.05) is 24.3 Å². The number of nitrogens with zero attached hydrogens (tertiary/aromatic N) is 1. The van der Waals surface area contributed by atoms with Crippen LogP contribution >= 0.6 is 18.9 Å². The molecular weight excluding hydrogens is 584 g/mol. The first-order chi connectivity index (χ1) is 18.4. The van der Waals surface area contributed by atoms with Crippen molar-refractivity contribution in [2.45, 2.75) is 17.1 Å². The summed E-state index contributed by atoms with van der Waals surface area (Å²) in [6.45, 7) is 0.974. The third-order valence-electron chi connectivity index (χ3n) is 5.05. The summed E-state index contributed by atoms with van der Waals surface area (Å²) in [5.41, 5.74) is 6.96. The Morgan fingerprint density at radius 2 is 1.67 bits per heavy atom. The molecule has 0 aliphatic heterocycles. The van der Waals surface area contributed by atoms with Crippen molar-refractivity contribution in [1.29, 1.82) is 5.26 Å². The molecule has 0 aliphatic carbocycles. The number of thiophene rings is 1. The van der Waals surface area contributed by atoms with Crippen molar-refractivity contribution in [3.8, 4) is 23.3 Å². The van der Waals surface area contributed by atoms with Crippen LogP contribution in [0.2, 0.25) is 0 Å². The second-order valence-corrected chi connectivity index (χ2v) is 12.7. The number of fused-ring (bicyclic) bond motifs is 1. The average molecular weight is 610 g/mol. The molecule has 17 heteroatoms. The van der Waals surface area contributed by atoms with E-state index in [-0.39, 0.29) is 23.5 Å². The van der Waals surface area contributed by atoms with Crippen molar-refractivity contribution < 1.29 is 56.5 Å². The maximum absolute atomic E-state index is 15.4. The van der Waals surface area contributed by atoms with Crippen LogP contribution in [0, 0.1) is 28.8 Å². The van der Waals surface area contributed by atoms with Crippen LogP contribution in [-0.4, -0.2) is 41.0 Å². The van der Waals surface area contributed by atoms with Gasteiger partial charge < -0.3 is 30.4 Å². The first kappa shape index (κ1) is 30.6. The van der Waals surface area contributed by atoms with E-state index in [1.807, 2.05) is 0 Å². The van der Waals surface area contributed by atoms with Crippen LogP contribution < -0.4 is 35.1 Å². The predicted molar refractivity (Wildman–Crippen MR) is 132 cm³/mol. The van der Waals surface area contributed by atoms with Crippen LogP contribution in [0.3, 0.4) is 0 Å².